The van der Waals surface area contributed by atoms with Crippen molar-refractivity contribution in [1.29, 1.82) is 0 Å². The van der Waals surface area contributed by atoms with E-state index in [1.54, 1.807) is 56.3 Å². The average molecular weight is 579 g/mol. The zero-order valence-electron chi connectivity index (χ0n) is 21.2. The lowest BCUT2D eigenvalue weighted by Crippen LogP contribution is -2.51. The van der Waals surface area contributed by atoms with Crippen molar-refractivity contribution in [2.24, 2.45) is 0 Å². The molecular weight excluding hydrogens is 549 g/mol. The summed E-state index contributed by atoms with van der Waals surface area (Å²) in [5.74, 6) is -0.353. The second kappa shape index (κ2) is 13.0. The quantitative estimate of drug-likeness (QED) is 0.354. The first kappa shape index (κ1) is 29.3. The summed E-state index contributed by atoms with van der Waals surface area (Å²) in [5, 5.41) is 3.39. The minimum Gasteiger partial charge on any atom is -0.497 e. The Balaban J connectivity index is 2.03. The summed E-state index contributed by atoms with van der Waals surface area (Å²) in [5.41, 5.74) is 0.913. The molecule has 0 spiro atoms. The number of rotatable bonds is 11. The van der Waals surface area contributed by atoms with Gasteiger partial charge in [-0.3, -0.25) is 13.9 Å². The fourth-order valence-electron chi connectivity index (χ4n) is 3.77. The van der Waals surface area contributed by atoms with E-state index in [2.05, 4.69) is 5.32 Å². The Morgan fingerprint density at radius 1 is 0.974 bits per heavy atom. The van der Waals surface area contributed by atoms with Crippen LogP contribution in [0.2, 0.25) is 10.0 Å². The molecule has 0 fully saturated rings. The lowest BCUT2D eigenvalue weighted by Gasteiger charge is -2.32. The Labute approximate surface area is 233 Å². The van der Waals surface area contributed by atoms with Crippen LogP contribution in [0.15, 0.2) is 77.7 Å². The Morgan fingerprint density at radius 3 is 2.29 bits per heavy atom. The number of nitrogens with one attached hydrogen (secondary N) is 1. The van der Waals surface area contributed by atoms with E-state index in [0.29, 0.717) is 27.9 Å². The number of benzene rings is 3. The number of methoxy groups -OCH3 is 1. The second-order valence-electron chi connectivity index (χ2n) is 8.39. The molecule has 11 heteroatoms. The molecule has 0 radical (unpaired) electrons. The van der Waals surface area contributed by atoms with Crippen molar-refractivity contribution < 1.29 is 22.7 Å². The van der Waals surface area contributed by atoms with Crippen LogP contribution >= 0.6 is 23.2 Å². The molecule has 0 aliphatic rings. The van der Waals surface area contributed by atoms with Crippen molar-refractivity contribution in [2.45, 2.75) is 31.3 Å². The molecule has 0 heterocycles. The molecule has 0 unspecified atom stereocenters. The normalized spacial score (nSPS) is 11.9. The highest BCUT2D eigenvalue weighted by molar-refractivity contribution is 7.92. The number of carbonyl (C=O) groups is 2. The van der Waals surface area contributed by atoms with Gasteiger partial charge in [0, 0.05) is 23.1 Å². The van der Waals surface area contributed by atoms with Crippen molar-refractivity contribution in [3.8, 4) is 5.75 Å². The third-order valence-corrected chi connectivity index (χ3v) is 8.06. The van der Waals surface area contributed by atoms with Gasteiger partial charge >= 0.3 is 0 Å². The average Bonchev–Trinajstić information content (AvgIpc) is 2.90. The molecule has 1 N–H and O–H groups in total. The van der Waals surface area contributed by atoms with E-state index in [-0.39, 0.29) is 23.0 Å². The van der Waals surface area contributed by atoms with Crippen LogP contribution in [0.25, 0.3) is 0 Å². The SMILES string of the molecule is CCNC(=O)[C@@H](C)N(Cc1cccc(OC)c1)C(=O)CN(c1cccc(Cl)c1)S(=O)(=O)c1ccc(Cl)cc1. The first-order chi connectivity index (χ1) is 18.1. The molecule has 3 aromatic carbocycles. The number of sulfonamides is 1. The smallest absolute Gasteiger partial charge is 0.264 e. The van der Waals surface area contributed by atoms with Crippen LogP contribution in [0.5, 0.6) is 5.75 Å². The van der Waals surface area contributed by atoms with Crippen LogP contribution in [-0.4, -0.2) is 51.4 Å². The number of nitrogens with zero attached hydrogens (tertiary/aromatic N) is 2. The summed E-state index contributed by atoms with van der Waals surface area (Å²) < 4.78 is 33.7. The van der Waals surface area contributed by atoms with Crippen LogP contribution in [0.1, 0.15) is 19.4 Å². The number of hydrogen-bond acceptors (Lipinski definition) is 5. The maximum Gasteiger partial charge on any atom is 0.264 e. The minimum atomic E-state index is -4.21. The number of likely N-dealkylation sites (N-methyl/N-ethyl adjacent to an activating group) is 1. The Morgan fingerprint density at radius 2 is 1.66 bits per heavy atom. The maximum atomic E-state index is 13.8. The highest BCUT2D eigenvalue weighted by Gasteiger charge is 2.32. The van der Waals surface area contributed by atoms with Gasteiger partial charge in [-0.05, 0) is 74.0 Å². The lowest BCUT2D eigenvalue weighted by atomic mass is 10.1. The summed E-state index contributed by atoms with van der Waals surface area (Å²) in [6, 6.07) is 18.1. The predicted molar refractivity (Wildman–Crippen MR) is 149 cm³/mol. The molecule has 0 aliphatic carbocycles. The van der Waals surface area contributed by atoms with Gasteiger partial charge in [-0.15, -0.1) is 0 Å². The summed E-state index contributed by atoms with van der Waals surface area (Å²) in [4.78, 5) is 27.9. The molecule has 0 saturated carbocycles. The predicted octanol–water partition coefficient (Wildman–Crippen LogP) is 4.75. The highest BCUT2D eigenvalue weighted by Crippen LogP contribution is 2.27. The van der Waals surface area contributed by atoms with Crippen LogP contribution in [-0.2, 0) is 26.2 Å². The van der Waals surface area contributed by atoms with Crippen molar-refractivity contribution in [3.63, 3.8) is 0 Å². The van der Waals surface area contributed by atoms with Crippen LogP contribution < -0.4 is 14.4 Å². The fraction of sp³-hybridized carbons (Fsp3) is 0.259. The minimum absolute atomic E-state index is 0.0502. The summed E-state index contributed by atoms with van der Waals surface area (Å²) in [6.07, 6.45) is 0. The molecule has 0 saturated heterocycles. The molecule has 202 valence electrons. The van der Waals surface area contributed by atoms with Gasteiger partial charge in [0.15, 0.2) is 0 Å². The first-order valence-electron chi connectivity index (χ1n) is 11.8. The number of hydrogen-bond donors (Lipinski definition) is 1. The second-order valence-corrected chi connectivity index (χ2v) is 11.1. The van der Waals surface area contributed by atoms with Crippen LogP contribution in [0, 0.1) is 0 Å². The van der Waals surface area contributed by atoms with Gasteiger partial charge in [-0.25, -0.2) is 8.42 Å². The zero-order chi connectivity index (χ0) is 27.9. The molecule has 8 nitrogen and oxygen atoms in total. The van der Waals surface area contributed by atoms with E-state index in [4.69, 9.17) is 27.9 Å². The molecule has 0 aliphatic heterocycles. The van der Waals surface area contributed by atoms with E-state index < -0.39 is 28.5 Å². The Bertz CT molecular complexity index is 1380. The van der Waals surface area contributed by atoms with E-state index >= 15 is 0 Å². The van der Waals surface area contributed by atoms with Gasteiger partial charge in [0.1, 0.15) is 18.3 Å². The van der Waals surface area contributed by atoms with E-state index in [0.717, 1.165) is 4.31 Å². The van der Waals surface area contributed by atoms with E-state index in [1.807, 2.05) is 0 Å². The molecule has 2 amide bonds. The largest absolute Gasteiger partial charge is 0.497 e. The summed E-state index contributed by atoms with van der Waals surface area (Å²) in [6.45, 7) is 3.24. The van der Waals surface area contributed by atoms with Gasteiger partial charge in [0.05, 0.1) is 17.7 Å². The number of halogens is 2. The number of anilines is 1. The topological polar surface area (TPSA) is 96.0 Å². The molecule has 3 aromatic rings. The first-order valence-corrected chi connectivity index (χ1v) is 14.0. The lowest BCUT2D eigenvalue weighted by molar-refractivity contribution is -0.139. The van der Waals surface area contributed by atoms with Crippen molar-refractivity contribution >= 4 is 50.7 Å². The summed E-state index contributed by atoms with van der Waals surface area (Å²) in [7, 11) is -2.68. The molecule has 38 heavy (non-hydrogen) atoms. The third-order valence-electron chi connectivity index (χ3n) is 5.78. The van der Waals surface area contributed by atoms with Crippen molar-refractivity contribution in [3.05, 3.63) is 88.4 Å². The van der Waals surface area contributed by atoms with Gasteiger partial charge in [-0.1, -0.05) is 41.4 Å². The fourth-order valence-corrected chi connectivity index (χ4v) is 5.48. The summed E-state index contributed by atoms with van der Waals surface area (Å²) >= 11 is 12.1. The Hall–Kier alpha value is -3.27. The monoisotopic (exact) mass is 577 g/mol. The molecule has 0 bridgehead atoms. The number of ether oxygens (including phenoxy) is 1. The highest BCUT2D eigenvalue weighted by atomic mass is 35.5. The van der Waals surface area contributed by atoms with Gasteiger partial charge in [0.25, 0.3) is 10.0 Å². The van der Waals surface area contributed by atoms with Crippen molar-refractivity contribution in [2.75, 3.05) is 24.5 Å². The van der Waals surface area contributed by atoms with Crippen LogP contribution in [0.3, 0.4) is 0 Å². The standard InChI is InChI=1S/C27H29Cl2N3O5S/c1-4-30-27(34)19(2)31(17-20-7-5-10-24(15-20)37-3)26(33)18-32(23-9-6-8-22(29)16-23)38(35,36)25-13-11-21(28)12-14-25/h5-16,19H,4,17-18H2,1-3H3,(H,30,34)/t19-/m1/s1. The Kier molecular flexibility index (Phi) is 10.0. The van der Waals surface area contributed by atoms with E-state index in [9.17, 15) is 18.0 Å². The molecule has 3 rings (SSSR count). The van der Waals surface area contributed by atoms with Gasteiger partial charge < -0.3 is 15.0 Å². The molecule has 1 atom stereocenters. The molecular formula is C27H29Cl2N3O5S. The molecule has 0 aromatic heterocycles. The third kappa shape index (κ3) is 7.18. The van der Waals surface area contributed by atoms with E-state index in [1.165, 1.54) is 42.3 Å². The maximum absolute atomic E-state index is 13.8. The zero-order valence-corrected chi connectivity index (χ0v) is 23.6. The number of amides is 2. The van der Waals surface area contributed by atoms with Gasteiger partial charge in [-0.2, -0.15) is 0 Å². The van der Waals surface area contributed by atoms with Crippen LogP contribution in [0.4, 0.5) is 5.69 Å². The van der Waals surface area contributed by atoms with Gasteiger partial charge in [0.2, 0.25) is 11.8 Å². The number of carbonyl (C=O) groups excluding carboxylic acids is 2. The van der Waals surface area contributed by atoms with Crippen molar-refractivity contribution in [1.82, 2.24) is 10.2 Å².